The van der Waals surface area contributed by atoms with Crippen LogP contribution in [0.1, 0.15) is 26.2 Å². The minimum Gasteiger partial charge on any atom is -0.364 e. The second-order valence-corrected chi connectivity index (χ2v) is 4.62. The molecule has 1 rings (SSSR count). The molecular weight excluding hydrogens is 273 g/mol. The number of nitrogens with one attached hydrogen (secondary N) is 1. The first-order valence-electron chi connectivity index (χ1n) is 5.45. The van der Waals surface area contributed by atoms with Gasteiger partial charge in [-0.15, -0.1) is 0 Å². The summed E-state index contributed by atoms with van der Waals surface area (Å²) in [6.07, 6.45) is 4.68. The number of pyridine rings is 1. The number of hydrogen-bond acceptors (Lipinski definition) is 3. The lowest BCUT2D eigenvalue weighted by molar-refractivity contribution is 0.590. The van der Waals surface area contributed by atoms with E-state index in [1.54, 1.807) is 6.20 Å². The van der Waals surface area contributed by atoms with Gasteiger partial charge >= 0.3 is 0 Å². The monoisotopic (exact) mass is 289 g/mol. The van der Waals surface area contributed by atoms with Crippen LogP contribution in [0.3, 0.4) is 0 Å². The molecule has 0 saturated heterocycles. The van der Waals surface area contributed by atoms with Gasteiger partial charge in [0.15, 0.2) is 11.6 Å². The highest BCUT2D eigenvalue weighted by Crippen LogP contribution is 2.17. The number of unbranched alkanes of at least 4 members (excludes halogenated alkanes) is 1. The molecule has 0 bridgehead atoms. The Labute approximate surface area is 104 Å². The fourth-order valence-electron chi connectivity index (χ4n) is 1.41. The van der Waals surface area contributed by atoms with Crippen molar-refractivity contribution < 1.29 is 4.39 Å². The third-order valence-corrected chi connectivity index (χ3v) is 2.77. The van der Waals surface area contributed by atoms with Gasteiger partial charge in [-0.05, 0) is 28.4 Å². The Bertz CT molecular complexity index is 333. The summed E-state index contributed by atoms with van der Waals surface area (Å²) in [6.45, 7) is 2.60. The van der Waals surface area contributed by atoms with Crippen molar-refractivity contribution in [3.8, 4) is 0 Å². The SMILES string of the molecule is CCCCC(CN)Nc1ncc(Br)cc1F. The number of hydrogen-bond donors (Lipinski definition) is 2. The molecule has 1 atom stereocenters. The maximum Gasteiger partial charge on any atom is 0.166 e. The molecule has 16 heavy (non-hydrogen) atoms. The molecular formula is C11H17BrFN3. The van der Waals surface area contributed by atoms with E-state index in [2.05, 4.69) is 33.2 Å². The van der Waals surface area contributed by atoms with E-state index in [1.807, 2.05) is 0 Å². The topological polar surface area (TPSA) is 50.9 Å². The zero-order valence-corrected chi connectivity index (χ0v) is 10.9. The number of anilines is 1. The second-order valence-electron chi connectivity index (χ2n) is 3.70. The smallest absolute Gasteiger partial charge is 0.166 e. The zero-order chi connectivity index (χ0) is 12.0. The first-order valence-corrected chi connectivity index (χ1v) is 6.24. The fourth-order valence-corrected chi connectivity index (χ4v) is 1.72. The van der Waals surface area contributed by atoms with Crippen LogP contribution in [-0.4, -0.2) is 17.6 Å². The molecule has 5 heteroatoms. The number of nitrogens with two attached hydrogens (primary N) is 1. The summed E-state index contributed by atoms with van der Waals surface area (Å²) in [5.41, 5.74) is 5.62. The normalized spacial score (nSPS) is 12.5. The molecule has 0 aliphatic carbocycles. The predicted octanol–water partition coefficient (Wildman–Crippen LogP) is 2.91. The van der Waals surface area contributed by atoms with Crippen molar-refractivity contribution in [3.05, 3.63) is 22.6 Å². The molecule has 0 aliphatic rings. The quantitative estimate of drug-likeness (QED) is 0.847. The van der Waals surface area contributed by atoms with Crippen LogP contribution in [0.2, 0.25) is 0 Å². The van der Waals surface area contributed by atoms with E-state index in [0.717, 1.165) is 19.3 Å². The van der Waals surface area contributed by atoms with Gasteiger partial charge < -0.3 is 11.1 Å². The van der Waals surface area contributed by atoms with Crippen molar-refractivity contribution in [1.82, 2.24) is 4.98 Å². The average molecular weight is 290 g/mol. The highest BCUT2D eigenvalue weighted by molar-refractivity contribution is 9.10. The predicted molar refractivity (Wildman–Crippen MR) is 67.9 cm³/mol. The van der Waals surface area contributed by atoms with E-state index < -0.39 is 0 Å². The van der Waals surface area contributed by atoms with E-state index in [1.165, 1.54) is 6.07 Å². The standard InChI is InChI=1S/C11H17BrFN3/c1-2-3-4-9(6-14)16-11-10(13)5-8(12)7-15-11/h5,7,9H,2-4,6,14H2,1H3,(H,15,16). The van der Waals surface area contributed by atoms with Crippen molar-refractivity contribution in [2.24, 2.45) is 5.73 Å². The van der Waals surface area contributed by atoms with Crippen LogP contribution in [0, 0.1) is 5.82 Å². The van der Waals surface area contributed by atoms with Gasteiger partial charge in [-0.3, -0.25) is 0 Å². The Hall–Kier alpha value is -0.680. The number of halogens is 2. The first-order chi connectivity index (χ1) is 7.67. The highest BCUT2D eigenvalue weighted by Gasteiger charge is 2.10. The fraction of sp³-hybridized carbons (Fsp3) is 0.545. The van der Waals surface area contributed by atoms with Crippen LogP contribution in [0.4, 0.5) is 10.2 Å². The van der Waals surface area contributed by atoms with E-state index in [4.69, 9.17) is 5.73 Å². The lowest BCUT2D eigenvalue weighted by Crippen LogP contribution is -2.29. The first kappa shape index (κ1) is 13.4. The van der Waals surface area contributed by atoms with Crippen LogP contribution in [-0.2, 0) is 0 Å². The number of aromatic nitrogens is 1. The van der Waals surface area contributed by atoms with Crippen LogP contribution in [0.5, 0.6) is 0 Å². The third kappa shape index (κ3) is 4.06. The minimum absolute atomic E-state index is 0.0862. The summed E-state index contributed by atoms with van der Waals surface area (Å²) in [6, 6.07) is 1.48. The van der Waals surface area contributed by atoms with Crippen LogP contribution < -0.4 is 11.1 Å². The molecule has 1 aromatic heterocycles. The Morgan fingerprint density at radius 2 is 2.38 bits per heavy atom. The average Bonchev–Trinajstić information content (AvgIpc) is 2.27. The molecule has 0 aromatic carbocycles. The number of rotatable bonds is 6. The summed E-state index contributed by atoms with van der Waals surface area (Å²) in [5.74, 6) is -0.0842. The molecule has 0 aliphatic heterocycles. The van der Waals surface area contributed by atoms with Gasteiger partial charge in [0.1, 0.15) is 0 Å². The lowest BCUT2D eigenvalue weighted by Gasteiger charge is -2.17. The van der Waals surface area contributed by atoms with Gasteiger partial charge in [0.25, 0.3) is 0 Å². The summed E-state index contributed by atoms with van der Waals surface area (Å²) in [5, 5.41) is 3.03. The summed E-state index contributed by atoms with van der Waals surface area (Å²) in [7, 11) is 0. The van der Waals surface area contributed by atoms with Crippen molar-refractivity contribution in [2.45, 2.75) is 32.2 Å². The molecule has 1 unspecified atom stereocenters. The molecule has 3 nitrogen and oxygen atoms in total. The third-order valence-electron chi connectivity index (χ3n) is 2.34. The molecule has 90 valence electrons. The van der Waals surface area contributed by atoms with E-state index in [0.29, 0.717) is 11.0 Å². The van der Waals surface area contributed by atoms with Crippen molar-refractivity contribution in [1.29, 1.82) is 0 Å². The molecule has 0 amide bonds. The Kier molecular flexibility index (Phi) is 5.69. The van der Waals surface area contributed by atoms with Gasteiger partial charge in [-0.2, -0.15) is 0 Å². The Balaban J connectivity index is 2.62. The van der Waals surface area contributed by atoms with Crippen molar-refractivity contribution >= 4 is 21.7 Å². The number of nitrogens with zero attached hydrogens (tertiary/aromatic N) is 1. The van der Waals surface area contributed by atoms with Gasteiger partial charge in [-0.1, -0.05) is 19.8 Å². The molecule has 0 radical (unpaired) electrons. The highest BCUT2D eigenvalue weighted by atomic mass is 79.9. The molecule has 0 saturated carbocycles. The molecule has 1 aromatic rings. The maximum atomic E-state index is 13.5. The molecule has 0 fully saturated rings. The van der Waals surface area contributed by atoms with Gasteiger partial charge in [0.05, 0.1) is 0 Å². The largest absolute Gasteiger partial charge is 0.364 e. The molecule has 0 spiro atoms. The second kappa shape index (κ2) is 6.81. The van der Waals surface area contributed by atoms with Crippen LogP contribution in [0.25, 0.3) is 0 Å². The van der Waals surface area contributed by atoms with E-state index in [9.17, 15) is 4.39 Å². The lowest BCUT2D eigenvalue weighted by atomic mass is 10.1. The van der Waals surface area contributed by atoms with Crippen LogP contribution >= 0.6 is 15.9 Å². The van der Waals surface area contributed by atoms with Gasteiger partial charge in [0.2, 0.25) is 0 Å². The Morgan fingerprint density at radius 3 is 2.94 bits per heavy atom. The summed E-state index contributed by atoms with van der Waals surface area (Å²) in [4.78, 5) is 3.99. The molecule has 1 heterocycles. The summed E-state index contributed by atoms with van der Waals surface area (Å²) < 4.78 is 14.1. The maximum absolute atomic E-state index is 13.5. The van der Waals surface area contributed by atoms with Gasteiger partial charge in [0, 0.05) is 23.3 Å². The van der Waals surface area contributed by atoms with Crippen LogP contribution in [0.15, 0.2) is 16.7 Å². The molecule has 3 N–H and O–H groups in total. The van der Waals surface area contributed by atoms with E-state index in [-0.39, 0.29) is 17.7 Å². The zero-order valence-electron chi connectivity index (χ0n) is 9.34. The minimum atomic E-state index is -0.357. The van der Waals surface area contributed by atoms with Crippen molar-refractivity contribution in [2.75, 3.05) is 11.9 Å². The van der Waals surface area contributed by atoms with E-state index >= 15 is 0 Å². The van der Waals surface area contributed by atoms with Gasteiger partial charge in [-0.25, -0.2) is 9.37 Å². The summed E-state index contributed by atoms with van der Waals surface area (Å²) >= 11 is 3.17. The Morgan fingerprint density at radius 1 is 1.62 bits per heavy atom. The van der Waals surface area contributed by atoms with Crippen molar-refractivity contribution in [3.63, 3.8) is 0 Å².